The van der Waals surface area contributed by atoms with Gasteiger partial charge in [-0.25, -0.2) is 0 Å². The maximum Gasteiger partial charge on any atom is 0.225 e. The Balaban J connectivity index is 0.00000289. The molecule has 1 aromatic carbocycles. The zero-order valence-electron chi connectivity index (χ0n) is 18.8. The second-order valence-electron chi connectivity index (χ2n) is 8.73. The zero-order chi connectivity index (χ0) is 21.5. The van der Waals surface area contributed by atoms with Crippen LogP contribution in [-0.4, -0.2) is 42.4 Å². The van der Waals surface area contributed by atoms with Gasteiger partial charge in [0.05, 0.1) is 12.3 Å². The van der Waals surface area contributed by atoms with E-state index >= 15 is 0 Å². The van der Waals surface area contributed by atoms with Crippen molar-refractivity contribution in [2.75, 3.05) is 19.6 Å². The topological polar surface area (TPSA) is 69.9 Å². The largest absolute Gasteiger partial charge is 0.469 e. The molecule has 1 saturated heterocycles. The van der Waals surface area contributed by atoms with Gasteiger partial charge in [-0.2, -0.15) is 0 Å². The summed E-state index contributed by atoms with van der Waals surface area (Å²) in [6.45, 7) is 4.38. The Morgan fingerprint density at radius 2 is 1.94 bits per heavy atom. The number of nitrogens with one attached hydrogen (secondary N) is 2. The highest BCUT2D eigenvalue weighted by atomic mass is 127. The van der Waals surface area contributed by atoms with E-state index in [1.54, 1.807) is 6.26 Å². The highest BCUT2D eigenvalue weighted by Crippen LogP contribution is 2.27. The Morgan fingerprint density at radius 3 is 2.66 bits per heavy atom. The molecule has 0 bridgehead atoms. The number of rotatable bonds is 7. The first kappa shape index (κ1) is 24.6. The number of nitrogens with zero attached hydrogens (tertiary/aromatic N) is 2. The molecule has 2 heterocycles. The van der Waals surface area contributed by atoms with Gasteiger partial charge < -0.3 is 20.0 Å². The number of hydrogen-bond donors (Lipinski definition) is 2. The second kappa shape index (κ2) is 12.3. The van der Waals surface area contributed by atoms with Crippen LogP contribution in [0.2, 0.25) is 0 Å². The molecule has 7 heteroatoms. The lowest BCUT2D eigenvalue weighted by molar-refractivity contribution is -0.134. The third kappa shape index (κ3) is 6.73. The molecule has 2 unspecified atom stereocenters. The summed E-state index contributed by atoms with van der Waals surface area (Å²) in [5.41, 5.74) is 1.22. The summed E-state index contributed by atoms with van der Waals surface area (Å²) in [5, 5.41) is 7.13. The van der Waals surface area contributed by atoms with Crippen LogP contribution in [0.1, 0.15) is 56.4 Å². The molecule has 6 nitrogen and oxygen atoms in total. The van der Waals surface area contributed by atoms with Crippen LogP contribution in [0.15, 0.2) is 58.1 Å². The molecule has 2 aromatic rings. The molecule has 1 aliphatic heterocycles. The average Bonchev–Trinajstić information content (AvgIpc) is 3.56. The van der Waals surface area contributed by atoms with Gasteiger partial charge in [-0.1, -0.05) is 43.2 Å². The van der Waals surface area contributed by atoms with Crippen LogP contribution in [0.4, 0.5) is 0 Å². The van der Waals surface area contributed by atoms with Gasteiger partial charge in [0, 0.05) is 38.0 Å². The van der Waals surface area contributed by atoms with Gasteiger partial charge in [0.15, 0.2) is 5.96 Å². The van der Waals surface area contributed by atoms with Crippen molar-refractivity contribution in [3.8, 4) is 0 Å². The monoisotopic (exact) mass is 550 g/mol. The molecule has 2 atom stereocenters. The Hall–Kier alpha value is -2.03. The smallest absolute Gasteiger partial charge is 0.225 e. The number of furan rings is 1. The fraction of sp³-hybridized carbons (Fsp3) is 0.520. The lowest BCUT2D eigenvalue weighted by atomic mass is 10.1. The van der Waals surface area contributed by atoms with Crippen molar-refractivity contribution in [2.24, 2.45) is 10.9 Å². The Morgan fingerprint density at radius 1 is 1.16 bits per heavy atom. The maximum atomic E-state index is 12.8. The first-order chi connectivity index (χ1) is 15.2. The van der Waals surface area contributed by atoms with Crippen LogP contribution in [0.5, 0.6) is 0 Å². The highest BCUT2D eigenvalue weighted by Gasteiger charge is 2.32. The highest BCUT2D eigenvalue weighted by molar-refractivity contribution is 14.0. The quantitative estimate of drug-likeness (QED) is 0.302. The molecular formula is C25H35IN4O2. The molecule has 0 radical (unpaired) electrons. The van der Waals surface area contributed by atoms with E-state index in [9.17, 15) is 4.79 Å². The molecule has 1 aromatic heterocycles. The lowest BCUT2D eigenvalue weighted by Gasteiger charge is -2.23. The van der Waals surface area contributed by atoms with Crippen molar-refractivity contribution in [1.82, 2.24) is 15.5 Å². The van der Waals surface area contributed by atoms with E-state index in [2.05, 4.69) is 46.7 Å². The van der Waals surface area contributed by atoms with Crippen molar-refractivity contribution < 1.29 is 9.21 Å². The number of hydrogen-bond acceptors (Lipinski definition) is 3. The van der Waals surface area contributed by atoms with Crippen molar-refractivity contribution >= 4 is 35.8 Å². The van der Waals surface area contributed by atoms with Crippen LogP contribution in [-0.2, 0) is 11.2 Å². The number of carbonyl (C=O) groups excluding carboxylic acids is 1. The van der Waals surface area contributed by atoms with Crippen molar-refractivity contribution in [3.63, 3.8) is 0 Å². The second-order valence-corrected chi connectivity index (χ2v) is 8.73. The van der Waals surface area contributed by atoms with Gasteiger partial charge in [-0.15, -0.1) is 24.0 Å². The molecule has 32 heavy (non-hydrogen) atoms. The molecule has 1 amide bonds. The predicted molar refractivity (Wildman–Crippen MR) is 138 cm³/mol. The van der Waals surface area contributed by atoms with Crippen LogP contribution in [0.3, 0.4) is 0 Å². The molecule has 1 saturated carbocycles. The third-order valence-electron chi connectivity index (χ3n) is 6.41. The summed E-state index contributed by atoms with van der Waals surface area (Å²) in [6.07, 6.45) is 7.92. The molecule has 174 valence electrons. The van der Waals surface area contributed by atoms with Gasteiger partial charge in [-0.3, -0.25) is 9.79 Å². The van der Waals surface area contributed by atoms with E-state index in [0.717, 1.165) is 50.5 Å². The number of amides is 1. The molecule has 2 fully saturated rings. The van der Waals surface area contributed by atoms with Crippen LogP contribution in [0.25, 0.3) is 0 Å². The van der Waals surface area contributed by atoms with Gasteiger partial charge >= 0.3 is 0 Å². The Bertz CT molecular complexity index is 850. The van der Waals surface area contributed by atoms with Gasteiger partial charge in [0.1, 0.15) is 5.76 Å². The fourth-order valence-corrected chi connectivity index (χ4v) is 4.60. The number of halogens is 1. The van der Waals surface area contributed by atoms with E-state index < -0.39 is 0 Å². The van der Waals surface area contributed by atoms with Gasteiger partial charge in [0.2, 0.25) is 5.91 Å². The fourth-order valence-electron chi connectivity index (χ4n) is 4.60. The number of benzene rings is 1. The minimum absolute atomic E-state index is 0. The van der Waals surface area contributed by atoms with E-state index in [1.807, 2.05) is 18.2 Å². The van der Waals surface area contributed by atoms with Crippen molar-refractivity contribution in [2.45, 2.75) is 57.5 Å². The molecule has 4 rings (SSSR count). The normalized spacial score (nSPS) is 20.1. The van der Waals surface area contributed by atoms with E-state index in [0.29, 0.717) is 12.5 Å². The standard InChI is InChI=1S/C25H34N4O2.HI/c1-19(20-8-3-2-4-9-20)27-25(26-15-13-23-12-7-17-31-23)28-22-14-16-29(18-22)24(30)21-10-5-6-11-21;/h2-4,7-9,12,17,19,21-22H,5-6,10-11,13-16,18H2,1H3,(H2,26,27,28);1H. The predicted octanol–water partition coefficient (Wildman–Crippen LogP) is 4.53. The summed E-state index contributed by atoms with van der Waals surface area (Å²) in [5.74, 6) is 2.33. The number of likely N-dealkylation sites (tertiary alicyclic amines) is 1. The molecule has 1 aliphatic carbocycles. The minimum Gasteiger partial charge on any atom is -0.469 e. The van der Waals surface area contributed by atoms with Gasteiger partial charge in [-0.05, 0) is 43.9 Å². The maximum absolute atomic E-state index is 12.8. The number of aliphatic imine (C=N–C) groups is 1. The number of carbonyl (C=O) groups is 1. The molecule has 2 aliphatic rings. The average molecular weight is 550 g/mol. The molecule has 0 spiro atoms. The minimum atomic E-state index is 0. The zero-order valence-corrected chi connectivity index (χ0v) is 21.2. The number of guanidine groups is 1. The lowest BCUT2D eigenvalue weighted by Crippen LogP contribution is -2.46. The van der Waals surface area contributed by atoms with Gasteiger partial charge in [0.25, 0.3) is 0 Å². The third-order valence-corrected chi connectivity index (χ3v) is 6.41. The summed E-state index contributed by atoms with van der Waals surface area (Å²) < 4.78 is 5.43. The SMILES string of the molecule is CC(NC(=NCCc1ccco1)NC1CCN(C(=O)C2CCCC2)C1)c1ccccc1.I. The van der Waals surface area contributed by atoms with Crippen LogP contribution >= 0.6 is 24.0 Å². The summed E-state index contributed by atoms with van der Waals surface area (Å²) in [7, 11) is 0. The van der Waals surface area contributed by atoms with E-state index in [-0.39, 0.29) is 42.0 Å². The van der Waals surface area contributed by atoms with Crippen LogP contribution < -0.4 is 10.6 Å². The first-order valence-electron chi connectivity index (χ1n) is 11.6. The molecular weight excluding hydrogens is 515 g/mol. The molecule has 2 N–H and O–H groups in total. The van der Waals surface area contributed by atoms with E-state index in [1.165, 1.54) is 18.4 Å². The van der Waals surface area contributed by atoms with Crippen molar-refractivity contribution in [3.05, 3.63) is 60.1 Å². The Labute approximate surface area is 208 Å². The first-order valence-corrected chi connectivity index (χ1v) is 11.6. The Kier molecular flexibility index (Phi) is 9.44. The summed E-state index contributed by atoms with van der Waals surface area (Å²) in [4.78, 5) is 19.6. The summed E-state index contributed by atoms with van der Waals surface area (Å²) in [6, 6.07) is 14.6. The van der Waals surface area contributed by atoms with Crippen LogP contribution in [0, 0.1) is 5.92 Å². The van der Waals surface area contributed by atoms with E-state index in [4.69, 9.17) is 9.41 Å². The van der Waals surface area contributed by atoms with Crippen molar-refractivity contribution in [1.29, 1.82) is 0 Å². The summed E-state index contributed by atoms with van der Waals surface area (Å²) >= 11 is 0.